The van der Waals surface area contributed by atoms with Crippen molar-refractivity contribution < 1.29 is 13.2 Å². The highest BCUT2D eigenvalue weighted by Crippen LogP contribution is 2.36. The van der Waals surface area contributed by atoms with Crippen LogP contribution < -0.4 is 5.32 Å². The minimum atomic E-state index is -0.816. The van der Waals surface area contributed by atoms with Crippen molar-refractivity contribution in [1.82, 2.24) is 5.32 Å². The molecule has 2 atom stereocenters. The fraction of sp³-hybridized carbons (Fsp3) is 0.429. The Morgan fingerprint density at radius 2 is 2.16 bits per heavy atom. The van der Waals surface area contributed by atoms with Gasteiger partial charge in [0, 0.05) is 5.56 Å². The molecule has 1 aliphatic heterocycles. The molecule has 0 amide bonds. The van der Waals surface area contributed by atoms with Gasteiger partial charge in [-0.2, -0.15) is 0 Å². The summed E-state index contributed by atoms with van der Waals surface area (Å²) in [6, 6.07) is 2.79. The average molecular weight is 288 g/mol. The Labute approximate surface area is 116 Å². The van der Waals surface area contributed by atoms with Gasteiger partial charge in [0.15, 0.2) is 11.6 Å². The first-order valence-electron chi connectivity index (χ1n) is 6.24. The van der Waals surface area contributed by atoms with Crippen LogP contribution in [-0.2, 0) is 0 Å². The van der Waals surface area contributed by atoms with E-state index in [-0.39, 0.29) is 23.7 Å². The van der Waals surface area contributed by atoms with Crippen molar-refractivity contribution in [2.75, 3.05) is 13.1 Å². The molecule has 2 heterocycles. The highest BCUT2D eigenvalue weighted by molar-refractivity contribution is 5.85. The monoisotopic (exact) mass is 287 g/mol. The molecule has 1 fully saturated rings. The third-order valence-corrected chi connectivity index (χ3v) is 3.84. The number of hydrogen-bond donors (Lipinski definition) is 1. The highest BCUT2D eigenvalue weighted by Gasteiger charge is 2.27. The Kier molecular flexibility index (Phi) is 4.11. The van der Waals surface area contributed by atoms with Crippen LogP contribution >= 0.6 is 12.4 Å². The summed E-state index contributed by atoms with van der Waals surface area (Å²) < 4.78 is 32.6. The van der Waals surface area contributed by atoms with Gasteiger partial charge in [0.2, 0.25) is 0 Å². The molecule has 2 unspecified atom stereocenters. The van der Waals surface area contributed by atoms with Crippen molar-refractivity contribution >= 4 is 23.4 Å². The normalized spacial score (nSPS) is 23.3. The molecule has 2 nitrogen and oxygen atoms in total. The summed E-state index contributed by atoms with van der Waals surface area (Å²) in [6.45, 7) is 3.91. The zero-order valence-corrected chi connectivity index (χ0v) is 11.4. The fourth-order valence-electron chi connectivity index (χ4n) is 2.85. The SMILES string of the molecule is CC1CNCCC1c1cc(F)c(F)c2ccoc12.Cl. The standard InChI is InChI=1S/C14H15F2NO.ClH/c1-8-7-17-4-2-9(8)11-6-12(15)13(16)10-3-5-18-14(10)11;/h3,5-6,8-9,17H,2,4,7H2,1H3;1H. The van der Waals surface area contributed by atoms with Crippen LogP contribution in [-0.4, -0.2) is 13.1 Å². The Morgan fingerprint density at radius 3 is 2.89 bits per heavy atom. The predicted octanol–water partition coefficient (Wildman–Crippen LogP) is 3.85. The second-order valence-electron chi connectivity index (χ2n) is 5.00. The molecule has 0 radical (unpaired) electrons. The Bertz CT molecular complexity index is 584. The van der Waals surface area contributed by atoms with Gasteiger partial charge in [0.05, 0.1) is 11.6 Å². The van der Waals surface area contributed by atoms with Crippen LogP contribution in [0.5, 0.6) is 0 Å². The zero-order valence-electron chi connectivity index (χ0n) is 10.6. The largest absolute Gasteiger partial charge is 0.464 e. The summed E-state index contributed by atoms with van der Waals surface area (Å²) in [7, 11) is 0. The number of benzene rings is 1. The molecule has 0 bridgehead atoms. The van der Waals surface area contributed by atoms with Crippen LogP contribution in [0.4, 0.5) is 8.78 Å². The van der Waals surface area contributed by atoms with Gasteiger partial charge in [-0.3, -0.25) is 0 Å². The molecular formula is C14H16ClF2NO. The summed E-state index contributed by atoms with van der Waals surface area (Å²) in [4.78, 5) is 0. The lowest BCUT2D eigenvalue weighted by molar-refractivity contribution is 0.347. The van der Waals surface area contributed by atoms with Gasteiger partial charge >= 0.3 is 0 Å². The van der Waals surface area contributed by atoms with Crippen molar-refractivity contribution in [3.8, 4) is 0 Å². The number of piperidine rings is 1. The Hall–Kier alpha value is -1.13. The van der Waals surface area contributed by atoms with E-state index >= 15 is 0 Å². The topological polar surface area (TPSA) is 25.2 Å². The fourth-order valence-corrected chi connectivity index (χ4v) is 2.85. The Morgan fingerprint density at radius 1 is 1.37 bits per heavy atom. The first-order chi connectivity index (χ1) is 8.68. The van der Waals surface area contributed by atoms with E-state index in [9.17, 15) is 8.78 Å². The highest BCUT2D eigenvalue weighted by atomic mass is 35.5. The van der Waals surface area contributed by atoms with E-state index in [0.717, 1.165) is 25.1 Å². The lowest BCUT2D eigenvalue weighted by Gasteiger charge is -2.29. The van der Waals surface area contributed by atoms with Gasteiger partial charge in [-0.25, -0.2) is 8.78 Å². The molecule has 1 saturated heterocycles. The molecule has 5 heteroatoms. The van der Waals surface area contributed by atoms with Gasteiger partial charge in [-0.05, 0) is 43.5 Å². The molecule has 0 saturated carbocycles. The van der Waals surface area contributed by atoms with Gasteiger partial charge in [0.25, 0.3) is 0 Å². The van der Waals surface area contributed by atoms with Crippen molar-refractivity contribution in [2.45, 2.75) is 19.3 Å². The summed E-state index contributed by atoms with van der Waals surface area (Å²) in [5.74, 6) is -0.999. The van der Waals surface area contributed by atoms with E-state index in [1.54, 1.807) is 0 Å². The van der Waals surface area contributed by atoms with Crippen LogP contribution in [0.25, 0.3) is 11.0 Å². The van der Waals surface area contributed by atoms with Crippen LogP contribution in [0.2, 0.25) is 0 Å². The number of hydrogen-bond acceptors (Lipinski definition) is 2. The van der Waals surface area contributed by atoms with E-state index in [1.165, 1.54) is 18.4 Å². The molecule has 19 heavy (non-hydrogen) atoms. The molecule has 1 N–H and O–H groups in total. The number of nitrogens with one attached hydrogen (secondary N) is 1. The van der Waals surface area contributed by atoms with E-state index in [1.807, 2.05) is 0 Å². The van der Waals surface area contributed by atoms with E-state index in [2.05, 4.69) is 12.2 Å². The number of halogens is 3. The van der Waals surface area contributed by atoms with Crippen LogP contribution in [0.15, 0.2) is 22.8 Å². The quantitative estimate of drug-likeness (QED) is 0.862. The summed E-state index contributed by atoms with van der Waals surface area (Å²) in [5.41, 5.74) is 1.29. The first kappa shape index (κ1) is 14.3. The van der Waals surface area contributed by atoms with E-state index < -0.39 is 11.6 Å². The predicted molar refractivity (Wildman–Crippen MR) is 72.8 cm³/mol. The van der Waals surface area contributed by atoms with Crippen LogP contribution in [0.1, 0.15) is 24.8 Å². The second kappa shape index (κ2) is 5.47. The van der Waals surface area contributed by atoms with Crippen molar-refractivity contribution in [2.24, 2.45) is 5.92 Å². The lowest BCUT2D eigenvalue weighted by atomic mass is 9.81. The maximum absolute atomic E-state index is 13.6. The van der Waals surface area contributed by atoms with Crippen molar-refractivity contribution in [1.29, 1.82) is 0 Å². The minimum absolute atomic E-state index is 0. The smallest absolute Gasteiger partial charge is 0.169 e. The molecule has 2 aromatic rings. The number of furan rings is 1. The molecule has 104 valence electrons. The first-order valence-corrected chi connectivity index (χ1v) is 6.24. The summed E-state index contributed by atoms with van der Waals surface area (Å²) >= 11 is 0. The van der Waals surface area contributed by atoms with Gasteiger partial charge in [0.1, 0.15) is 5.58 Å². The lowest BCUT2D eigenvalue weighted by Crippen LogP contribution is -2.33. The molecule has 0 aliphatic carbocycles. The van der Waals surface area contributed by atoms with Crippen LogP contribution in [0, 0.1) is 17.6 Å². The summed E-state index contributed by atoms with van der Waals surface area (Å²) in [6.07, 6.45) is 2.34. The number of fused-ring (bicyclic) bond motifs is 1. The van der Waals surface area contributed by atoms with Gasteiger partial charge in [-0.15, -0.1) is 12.4 Å². The van der Waals surface area contributed by atoms with E-state index in [4.69, 9.17) is 4.42 Å². The van der Waals surface area contributed by atoms with Crippen molar-refractivity contribution in [3.05, 3.63) is 35.6 Å². The Balaban J connectivity index is 0.00000133. The zero-order chi connectivity index (χ0) is 12.7. The minimum Gasteiger partial charge on any atom is -0.464 e. The average Bonchev–Trinajstić information content (AvgIpc) is 2.84. The molecule has 1 aromatic carbocycles. The third-order valence-electron chi connectivity index (χ3n) is 3.84. The van der Waals surface area contributed by atoms with Gasteiger partial charge in [-0.1, -0.05) is 6.92 Å². The van der Waals surface area contributed by atoms with Crippen molar-refractivity contribution in [3.63, 3.8) is 0 Å². The maximum Gasteiger partial charge on any atom is 0.169 e. The summed E-state index contributed by atoms with van der Waals surface area (Å²) in [5, 5.41) is 3.55. The number of rotatable bonds is 1. The molecule has 1 aliphatic rings. The molecule has 0 spiro atoms. The van der Waals surface area contributed by atoms with Crippen LogP contribution in [0.3, 0.4) is 0 Å². The molecular weight excluding hydrogens is 272 g/mol. The third kappa shape index (κ3) is 2.35. The molecule has 1 aromatic heterocycles. The second-order valence-corrected chi connectivity index (χ2v) is 5.00. The van der Waals surface area contributed by atoms with Gasteiger partial charge < -0.3 is 9.73 Å². The molecule has 3 rings (SSSR count). The van der Waals surface area contributed by atoms with E-state index in [0.29, 0.717) is 11.5 Å². The maximum atomic E-state index is 13.6.